The van der Waals surface area contributed by atoms with Gasteiger partial charge in [-0.25, -0.2) is 0 Å². The van der Waals surface area contributed by atoms with E-state index < -0.39 is 0 Å². The summed E-state index contributed by atoms with van der Waals surface area (Å²) in [6, 6.07) is 6.16. The standard InChI is InChI=1S/C23H40N4O3/c1-5-30-22-17-19(8-9-21(22)29-4)7-6-12-25-23(24-2)26-18-20-10-13-27(14-11-20)15-16-28-3/h8-9,17,20H,5-7,10-16,18H2,1-4H3,(H2,24,25,26). The number of piperidine rings is 1. The van der Waals surface area contributed by atoms with Crippen LogP contribution in [0.3, 0.4) is 0 Å². The quantitative estimate of drug-likeness (QED) is 0.308. The molecule has 0 aromatic heterocycles. The predicted octanol–water partition coefficient (Wildman–Crippen LogP) is 2.55. The number of hydrogen-bond acceptors (Lipinski definition) is 5. The van der Waals surface area contributed by atoms with Gasteiger partial charge in [-0.05, 0) is 69.3 Å². The number of benzene rings is 1. The molecule has 30 heavy (non-hydrogen) atoms. The zero-order chi connectivity index (χ0) is 21.6. The number of aliphatic imine (C=N–C) groups is 1. The van der Waals surface area contributed by atoms with Crippen molar-refractivity contribution in [2.24, 2.45) is 10.9 Å². The van der Waals surface area contributed by atoms with E-state index in [4.69, 9.17) is 14.2 Å². The highest BCUT2D eigenvalue weighted by Crippen LogP contribution is 2.28. The van der Waals surface area contributed by atoms with Crippen molar-refractivity contribution in [2.45, 2.75) is 32.6 Å². The summed E-state index contributed by atoms with van der Waals surface area (Å²) >= 11 is 0. The molecule has 2 rings (SSSR count). The van der Waals surface area contributed by atoms with Crippen LogP contribution in [0.2, 0.25) is 0 Å². The molecule has 1 fully saturated rings. The minimum Gasteiger partial charge on any atom is -0.493 e. The lowest BCUT2D eigenvalue weighted by Crippen LogP contribution is -2.43. The zero-order valence-corrected chi connectivity index (χ0v) is 19.2. The normalized spacial score (nSPS) is 15.8. The Morgan fingerprint density at radius 2 is 1.97 bits per heavy atom. The van der Waals surface area contributed by atoms with Crippen LogP contribution in [0.5, 0.6) is 11.5 Å². The van der Waals surface area contributed by atoms with Crippen molar-refractivity contribution in [1.29, 1.82) is 0 Å². The zero-order valence-electron chi connectivity index (χ0n) is 19.2. The van der Waals surface area contributed by atoms with Crippen molar-refractivity contribution < 1.29 is 14.2 Å². The molecule has 0 atom stereocenters. The lowest BCUT2D eigenvalue weighted by Gasteiger charge is -2.32. The summed E-state index contributed by atoms with van der Waals surface area (Å²) < 4.78 is 16.2. The number of methoxy groups -OCH3 is 2. The van der Waals surface area contributed by atoms with Gasteiger partial charge in [0.1, 0.15) is 0 Å². The minimum absolute atomic E-state index is 0.634. The van der Waals surface area contributed by atoms with Gasteiger partial charge in [0.05, 0.1) is 20.3 Å². The SMILES string of the molecule is CCOc1cc(CCCNC(=NC)NCC2CCN(CCOC)CC2)ccc1OC. The largest absolute Gasteiger partial charge is 0.493 e. The topological polar surface area (TPSA) is 67.4 Å². The molecule has 1 heterocycles. The molecular weight excluding hydrogens is 380 g/mol. The Morgan fingerprint density at radius 1 is 1.17 bits per heavy atom. The van der Waals surface area contributed by atoms with Crippen molar-refractivity contribution in [1.82, 2.24) is 15.5 Å². The summed E-state index contributed by atoms with van der Waals surface area (Å²) in [5.41, 5.74) is 1.25. The number of aryl methyl sites for hydroxylation is 1. The van der Waals surface area contributed by atoms with E-state index in [1.807, 2.05) is 20.0 Å². The highest BCUT2D eigenvalue weighted by Gasteiger charge is 2.18. The van der Waals surface area contributed by atoms with Crippen molar-refractivity contribution in [3.63, 3.8) is 0 Å². The fraction of sp³-hybridized carbons (Fsp3) is 0.696. The van der Waals surface area contributed by atoms with Gasteiger partial charge in [-0.15, -0.1) is 0 Å². The maximum atomic E-state index is 5.67. The number of likely N-dealkylation sites (tertiary alicyclic amines) is 1. The van der Waals surface area contributed by atoms with Crippen LogP contribution in [-0.4, -0.2) is 78.1 Å². The van der Waals surface area contributed by atoms with Crippen LogP contribution >= 0.6 is 0 Å². The number of nitrogens with one attached hydrogen (secondary N) is 2. The van der Waals surface area contributed by atoms with Crippen LogP contribution in [0.4, 0.5) is 0 Å². The number of nitrogens with zero attached hydrogens (tertiary/aromatic N) is 2. The van der Waals surface area contributed by atoms with Crippen LogP contribution in [-0.2, 0) is 11.2 Å². The van der Waals surface area contributed by atoms with Crippen LogP contribution in [0.15, 0.2) is 23.2 Å². The lowest BCUT2D eigenvalue weighted by atomic mass is 9.97. The molecule has 0 aliphatic carbocycles. The summed E-state index contributed by atoms with van der Waals surface area (Å²) in [6.07, 6.45) is 4.46. The fourth-order valence-electron chi connectivity index (χ4n) is 3.74. The molecule has 1 aromatic carbocycles. The van der Waals surface area contributed by atoms with Gasteiger partial charge in [0.2, 0.25) is 0 Å². The molecule has 170 valence electrons. The van der Waals surface area contributed by atoms with Crippen molar-refractivity contribution in [3.05, 3.63) is 23.8 Å². The van der Waals surface area contributed by atoms with Crippen molar-refractivity contribution >= 4 is 5.96 Å². The lowest BCUT2D eigenvalue weighted by molar-refractivity contribution is 0.121. The van der Waals surface area contributed by atoms with Gasteiger partial charge in [0.25, 0.3) is 0 Å². The number of guanidine groups is 1. The molecule has 0 radical (unpaired) electrons. The molecule has 2 N–H and O–H groups in total. The molecule has 0 unspecified atom stereocenters. The monoisotopic (exact) mass is 420 g/mol. The Labute approximate surface area is 182 Å². The van der Waals surface area contributed by atoms with E-state index in [0.717, 1.165) is 69.6 Å². The van der Waals surface area contributed by atoms with Gasteiger partial charge in [0.15, 0.2) is 17.5 Å². The van der Waals surface area contributed by atoms with E-state index in [0.29, 0.717) is 12.5 Å². The molecule has 0 spiro atoms. The first-order chi connectivity index (χ1) is 14.7. The molecule has 7 nitrogen and oxygen atoms in total. The van der Waals surface area contributed by atoms with Crippen molar-refractivity contribution in [3.8, 4) is 11.5 Å². The number of rotatable bonds is 12. The van der Waals surface area contributed by atoms with Gasteiger partial charge in [0, 0.05) is 33.8 Å². The van der Waals surface area contributed by atoms with Gasteiger partial charge in [-0.2, -0.15) is 0 Å². The average Bonchev–Trinajstić information content (AvgIpc) is 2.78. The third-order valence-corrected chi connectivity index (χ3v) is 5.56. The van der Waals surface area contributed by atoms with Gasteiger partial charge < -0.3 is 29.7 Å². The average molecular weight is 421 g/mol. The molecular formula is C23H40N4O3. The maximum absolute atomic E-state index is 5.67. The second-order valence-electron chi connectivity index (χ2n) is 7.68. The first kappa shape index (κ1) is 24.3. The highest BCUT2D eigenvalue weighted by atomic mass is 16.5. The van der Waals surface area contributed by atoms with Crippen LogP contribution in [0.1, 0.15) is 31.7 Å². The summed E-state index contributed by atoms with van der Waals surface area (Å²) in [7, 11) is 5.27. The van der Waals surface area contributed by atoms with E-state index >= 15 is 0 Å². The summed E-state index contributed by atoms with van der Waals surface area (Å²) in [4.78, 5) is 6.85. The van der Waals surface area contributed by atoms with Crippen LogP contribution < -0.4 is 20.1 Å². The second-order valence-corrected chi connectivity index (χ2v) is 7.68. The Bertz CT molecular complexity index is 631. The molecule has 0 bridgehead atoms. The third-order valence-electron chi connectivity index (χ3n) is 5.56. The number of ether oxygens (including phenoxy) is 3. The van der Waals surface area contributed by atoms with Crippen LogP contribution in [0, 0.1) is 5.92 Å². The Kier molecular flexibility index (Phi) is 11.4. The maximum Gasteiger partial charge on any atom is 0.190 e. The summed E-state index contributed by atoms with van der Waals surface area (Å²) in [5, 5.41) is 6.93. The summed E-state index contributed by atoms with van der Waals surface area (Å²) in [5.74, 6) is 3.20. The van der Waals surface area contributed by atoms with E-state index in [1.165, 1.54) is 18.4 Å². The van der Waals surface area contributed by atoms with Gasteiger partial charge >= 0.3 is 0 Å². The molecule has 1 aromatic rings. The van der Waals surface area contributed by atoms with E-state index in [9.17, 15) is 0 Å². The van der Waals surface area contributed by atoms with Gasteiger partial charge in [-0.1, -0.05) is 6.07 Å². The second kappa shape index (κ2) is 14.1. The minimum atomic E-state index is 0.634. The Hall–Kier alpha value is -1.99. The summed E-state index contributed by atoms with van der Waals surface area (Å²) in [6.45, 7) is 8.66. The van der Waals surface area contributed by atoms with Crippen molar-refractivity contribution in [2.75, 3.05) is 67.2 Å². The van der Waals surface area contributed by atoms with Crippen LogP contribution in [0.25, 0.3) is 0 Å². The molecule has 7 heteroatoms. The number of hydrogen-bond donors (Lipinski definition) is 2. The Morgan fingerprint density at radius 3 is 2.63 bits per heavy atom. The fourth-order valence-corrected chi connectivity index (χ4v) is 3.74. The molecule has 0 amide bonds. The van der Waals surface area contributed by atoms with E-state index in [-0.39, 0.29) is 0 Å². The first-order valence-electron chi connectivity index (χ1n) is 11.2. The molecule has 1 saturated heterocycles. The third kappa shape index (κ3) is 8.40. The molecule has 1 aliphatic heterocycles. The predicted molar refractivity (Wildman–Crippen MR) is 123 cm³/mol. The van der Waals surface area contributed by atoms with E-state index in [1.54, 1.807) is 14.2 Å². The first-order valence-corrected chi connectivity index (χ1v) is 11.2. The smallest absolute Gasteiger partial charge is 0.190 e. The van der Waals surface area contributed by atoms with Gasteiger partial charge in [-0.3, -0.25) is 4.99 Å². The molecule has 1 aliphatic rings. The highest BCUT2D eigenvalue weighted by molar-refractivity contribution is 5.79. The molecule has 0 saturated carbocycles. The van der Waals surface area contributed by atoms with E-state index in [2.05, 4.69) is 32.7 Å². The Balaban J connectivity index is 1.65.